The maximum absolute atomic E-state index is 10.1. The van der Waals surface area contributed by atoms with Crippen LogP contribution in [0.5, 0.6) is 0 Å². The molecule has 3 heterocycles. The van der Waals surface area contributed by atoms with Gasteiger partial charge in [-0.2, -0.15) is 0 Å². The first kappa shape index (κ1) is 14.4. The second kappa shape index (κ2) is 5.35. The van der Waals surface area contributed by atoms with Crippen LogP contribution >= 0.6 is 11.8 Å². The maximum Gasteiger partial charge on any atom is 0.174 e. The fourth-order valence-electron chi connectivity index (χ4n) is 2.36. The van der Waals surface area contributed by atoms with Gasteiger partial charge in [-0.15, -0.1) is 0 Å². The summed E-state index contributed by atoms with van der Waals surface area (Å²) in [5.74, 6) is 0.409. The summed E-state index contributed by atoms with van der Waals surface area (Å²) in [4.78, 5) is 12.3. The van der Waals surface area contributed by atoms with Crippen LogP contribution in [-0.4, -0.2) is 66.8 Å². The van der Waals surface area contributed by atoms with Crippen LogP contribution in [0.15, 0.2) is 12.7 Å². The SMILES string of the molecule is CN(Cl)c1ncnc2c1ncn2[C@@H]1O[C@H](CO)[C@@H](O)[C@H]1O. The van der Waals surface area contributed by atoms with E-state index in [1.165, 1.54) is 21.6 Å². The molecule has 0 unspecified atom stereocenters. The molecule has 0 amide bonds. The molecule has 114 valence electrons. The number of aliphatic hydroxyl groups excluding tert-OH is 3. The van der Waals surface area contributed by atoms with Crippen LogP contribution in [0, 0.1) is 0 Å². The van der Waals surface area contributed by atoms with Crippen molar-refractivity contribution in [2.24, 2.45) is 0 Å². The lowest BCUT2D eigenvalue weighted by Gasteiger charge is -2.16. The summed E-state index contributed by atoms with van der Waals surface area (Å²) < 4.78 is 8.21. The van der Waals surface area contributed by atoms with E-state index in [-0.39, 0.29) is 0 Å². The Morgan fingerprint density at radius 1 is 1.33 bits per heavy atom. The molecule has 3 N–H and O–H groups in total. The molecule has 0 aliphatic carbocycles. The first-order chi connectivity index (χ1) is 10.0. The van der Waals surface area contributed by atoms with Crippen LogP contribution in [0.4, 0.5) is 5.82 Å². The summed E-state index contributed by atoms with van der Waals surface area (Å²) in [5, 5.41) is 29.0. The van der Waals surface area contributed by atoms with Crippen molar-refractivity contribution in [3.05, 3.63) is 12.7 Å². The third kappa shape index (κ3) is 2.23. The van der Waals surface area contributed by atoms with Gasteiger partial charge in [0.05, 0.1) is 12.9 Å². The van der Waals surface area contributed by atoms with Crippen LogP contribution in [0.1, 0.15) is 6.23 Å². The predicted octanol–water partition coefficient (Wildman–Crippen LogP) is -0.972. The molecule has 4 atom stereocenters. The van der Waals surface area contributed by atoms with Crippen molar-refractivity contribution >= 4 is 28.8 Å². The molecule has 2 aromatic heterocycles. The van der Waals surface area contributed by atoms with Gasteiger partial charge in [-0.1, -0.05) is 0 Å². The Morgan fingerprint density at radius 2 is 2.10 bits per heavy atom. The molecule has 0 aromatic carbocycles. The number of rotatable bonds is 3. The number of aliphatic hydroxyl groups is 3. The van der Waals surface area contributed by atoms with Crippen molar-refractivity contribution in [1.29, 1.82) is 0 Å². The molecule has 1 fully saturated rings. The molecule has 1 aliphatic heterocycles. The first-order valence-corrected chi connectivity index (χ1v) is 6.58. The number of fused-ring (bicyclic) bond motifs is 1. The van der Waals surface area contributed by atoms with E-state index in [1.54, 1.807) is 7.05 Å². The molecule has 1 aliphatic rings. The lowest BCUT2D eigenvalue weighted by molar-refractivity contribution is -0.0511. The van der Waals surface area contributed by atoms with Gasteiger partial charge in [0, 0.05) is 18.8 Å². The van der Waals surface area contributed by atoms with Crippen molar-refractivity contribution < 1.29 is 20.1 Å². The minimum atomic E-state index is -1.20. The third-order valence-corrected chi connectivity index (χ3v) is 3.58. The molecule has 10 heteroatoms. The lowest BCUT2D eigenvalue weighted by Crippen LogP contribution is -2.33. The predicted molar refractivity (Wildman–Crippen MR) is 72.6 cm³/mol. The zero-order chi connectivity index (χ0) is 15.1. The summed E-state index contributed by atoms with van der Waals surface area (Å²) in [6.07, 6.45) is -1.41. The zero-order valence-corrected chi connectivity index (χ0v) is 11.8. The molecule has 0 radical (unpaired) electrons. The van der Waals surface area contributed by atoms with Crippen LogP contribution in [0.2, 0.25) is 0 Å². The van der Waals surface area contributed by atoms with E-state index in [0.29, 0.717) is 17.0 Å². The lowest BCUT2D eigenvalue weighted by atomic mass is 10.1. The van der Waals surface area contributed by atoms with E-state index in [9.17, 15) is 10.2 Å². The molecule has 0 spiro atoms. The number of hydrogen-bond acceptors (Lipinski definition) is 8. The summed E-state index contributed by atoms with van der Waals surface area (Å²) in [6.45, 7) is -0.397. The Morgan fingerprint density at radius 3 is 2.71 bits per heavy atom. The number of halogens is 1. The van der Waals surface area contributed by atoms with Crippen molar-refractivity contribution in [2.75, 3.05) is 18.1 Å². The van der Waals surface area contributed by atoms with Gasteiger partial charge in [-0.05, 0) is 0 Å². The quantitative estimate of drug-likeness (QED) is 0.619. The Bertz CT molecular complexity index is 651. The van der Waals surface area contributed by atoms with Crippen LogP contribution in [-0.2, 0) is 4.74 Å². The Hall–Kier alpha value is -1.52. The Labute approximate surface area is 124 Å². The highest BCUT2D eigenvalue weighted by atomic mass is 35.5. The average molecular weight is 316 g/mol. The molecule has 21 heavy (non-hydrogen) atoms. The topological polar surface area (TPSA) is 117 Å². The standard InChI is InChI=1S/C11H14ClN5O4/c1-16(12)9-6-10(14-3-13-9)17(4-15-6)11-8(20)7(19)5(2-18)21-11/h3-5,7-8,11,18-20H,2H2,1H3/t5-,7-,8-,11-/m1/s1. The van der Waals surface area contributed by atoms with E-state index >= 15 is 0 Å². The second-order valence-corrected chi connectivity index (χ2v) is 5.23. The van der Waals surface area contributed by atoms with Crippen LogP contribution < -0.4 is 4.42 Å². The molecule has 1 saturated heterocycles. The molecule has 9 nitrogen and oxygen atoms in total. The zero-order valence-electron chi connectivity index (χ0n) is 11.0. The van der Waals surface area contributed by atoms with Crippen LogP contribution in [0.3, 0.4) is 0 Å². The van der Waals surface area contributed by atoms with Gasteiger partial charge in [0.1, 0.15) is 24.6 Å². The van der Waals surface area contributed by atoms with Gasteiger partial charge < -0.3 is 20.1 Å². The largest absolute Gasteiger partial charge is 0.394 e. The van der Waals surface area contributed by atoms with Crippen LogP contribution in [0.25, 0.3) is 11.2 Å². The number of hydrogen-bond donors (Lipinski definition) is 3. The highest BCUT2D eigenvalue weighted by Crippen LogP contribution is 2.32. The monoisotopic (exact) mass is 315 g/mol. The number of nitrogens with zero attached hydrogens (tertiary/aromatic N) is 5. The van der Waals surface area contributed by atoms with E-state index in [0.717, 1.165) is 0 Å². The third-order valence-electron chi connectivity index (χ3n) is 3.42. The minimum Gasteiger partial charge on any atom is -0.394 e. The molecular weight excluding hydrogens is 302 g/mol. The van der Waals surface area contributed by atoms with Gasteiger partial charge in [-0.3, -0.25) is 8.99 Å². The minimum absolute atomic E-state index is 0.397. The normalized spacial score (nSPS) is 29.2. The fraction of sp³-hybridized carbons (Fsp3) is 0.545. The van der Waals surface area contributed by atoms with Gasteiger partial charge in [-0.25, -0.2) is 15.0 Å². The number of aromatic nitrogens is 4. The highest BCUT2D eigenvalue weighted by Gasteiger charge is 2.44. The van der Waals surface area contributed by atoms with Crippen molar-refractivity contribution in [3.8, 4) is 0 Å². The van der Waals surface area contributed by atoms with Crippen molar-refractivity contribution in [1.82, 2.24) is 19.5 Å². The summed E-state index contributed by atoms with van der Waals surface area (Å²) in [6, 6.07) is 0. The summed E-state index contributed by atoms with van der Waals surface area (Å²) in [5.41, 5.74) is 0.843. The van der Waals surface area contributed by atoms with Crippen molar-refractivity contribution in [2.45, 2.75) is 24.5 Å². The molecule has 0 saturated carbocycles. The number of anilines is 1. The smallest absolute Gasteiger partial charge is 0.174 e. The molecular formula is C11H14ClN5O4. The van der Waals surface area contributed by atoms with E-state index in [1.807, 2.05) is 0 Å². The Kier molecular flexibility index (Phi) is 3.68. The molecule has 3 rings (SSSR count). The highest BCUT2D eigenvalue weighted by molar-refractivity contribution is 6.26. The summed E-state index contributed by atoms with van der Waals surface area (Å²) in [7, 11) is 1.61. The molecule has 0 bridgehead atoms. The average Bonchev–Trinajstić information content (AvgIpc) is 3.01. The van der Waals surface area contributed by atoms with Gasteiger partial charge in [0.25, 0.3) is 0 Å². The summed E-state index contributed by atoms with van der Waals surface area (Å²) >= 11 is 5.89. The van der Waals surface area contributed by atoms with Gasteiger partial charge >= 0.3 is 0 Å². The molecule has 2 aromatic rings. The van der Waals surface area contributed by atoms with E-state index < -0.39 is 31.1 Å². The number of imidazole rings is 1. The van der Waals surface area contributed by atoms with E-state index in [4.69, 9.17) is 21.6 Å². The van der Waals surface area contributed by atoms with E-state index in [2.05, 4.69) is 15.0 Å². The number of ether oxygens (including phenoxy) is 1. The maximum atomic E-state index is 10.1. The Balaban J connectivity index is 2.04. The first-order valence-electron chi connectivity index (χ1n) is 6.24. The fourth-order valence-corrected chi connectivity index (χ4v) is 2.48. The second-order valence-electron chi connectivity index (χ2n) is 4.73. The van der Waals surface area contributed by atoms with Gasteiger partial charge in [0.15, 0.2) is 23.2 Å². The van der Waals surface area contributed by atoms with Gasteiger partial charge in [0.2, 0.25) is 0 Å². The van der Waals surface area contributed by atoms with Crippen molar-refractivity contribution in [3.63, 3.8) is 0 Å².